The van der Waals surface area contributed by atoms with Gasteiger partial charge < -0.3 is 9.84 Å². The number of hydrogen-bond acceptors (Lipinski definition) is 5. The number of halogens is 3. The van der Waals surface area contributed by atoms with Gasteiger partial charge in [0, 0.05) is 33.1 Å². The molecule has 1 amide bonds. The number of nitrogens with zero attached hydrogens (tertiary/aromatic N) is 3. The molecule has 0 aliphatic carbocycles. The van der Waals surface area contributed by atoms with Crippen LogP contribution < -0.4 is 5.32 Å². The molecule has 1 fully saturated rings. The second kappa shape index (κ2) is 9.89. The highest BCUT2D eigenvalue weighted by Gasteiger charge is 2.25. The third kappa shape index (κ3) is 5.70. The van der Waals surface area contributed by atoms with Crippen LogP contribution in [-0.2, 0) is 17.9 Å². The van der Waals surface area contributed by atoms with Crippen molar-refractivity contribution in [2.45, 2.75) is 25.9 Å². The van der Waals surface area contributed by atoms with Crippen molar-refractivity contribution in [3.05, 3.63) is 69.2 Å². The lowest BCUT2D eigenvalue weighted by molar-refractivity contribution is -0.126. The highest BCUT2D eigenvalue weighted by molar-refractivity contribution is 9.10. The molecule has 2 aromatic carbocycles. The molecule has 4 rings (SSSR count). The fourth-order valence-electron chi connectivity index (χ4n) is 3.62. The van der Waals surface area contributed by atoms with E-state index in [4.69, 9.17) is 16.1 Å². The molecule has 0 radical (unpaired) electrons. The molecular formula is C22H21BrClFN4O2. The molecule has 0 saturated carbocycles. The van der Waals surface area contributed by atoms with Gasteiger partial charge in [0.1, 0.15) is 5.82 Å². The molecule has 0 bridgehead atoms. The zero-order chi connectivity index (χ0) is 21.8. The normalized spacial score (nSPS) is 15.2. The maximum Gasteiger partial charge on any atom is 0.246 e. The molecule has 1 aromatic heterocycles. The highest BCUT2D eigenvalue weighted by atomic mass is 79.9. The molecule has 2 heterocycles. The van der Waals surface area contributed by atoms with Crippen molar-refractivity contribution in [3.8, 4) is 11.4 Å². The van der Waals surface area contributed by atoms with Crippen LogP contribution in [0.5, 0.6) is 0 Å². The SMILES string of the molecule is O=C(NCc1nc(-c2cccc(Br)c2)no1)C1CCN(Cc2ccc(Cl)cc2F)CC1. The van der Waals surface area contributed by atoms with Gasteiger partial charge in [-0.3, -0.25) is 9.69 Å². The van der Waals surface area contributed by atoms with Gasteiger partial charge in [-0.05, 0) is 50.2 Å². The van der Waals surface area contributed by atoms with Crippen LogP contribution in [0.1, 0.15) is 24.3 Å². The van der Waals surface area contributed by atoms with Crippen LogP contribution in [0.3, 0.4) is 0 Å². The summed E-state index contributed by atoms with van der Waals surface area (Å²) >= 11 is 9.23. The number of piperidine rings is 1. The van der Waals surface area contributed by atoms with Gasteiger partial charge in [-0.25, -0.2) is 4.39 Å². The average molecular weight is 508 g/mol. The Balaban J connectivity index is 1.25. The zero-order valence-electron chi connectivity index (χ0n) is 16.7. The van der Waals surface area contributed by atoms with Crippen LogP contribution in [0, 0.1) is 11.7 Å². The van der Waals surface area contributed by atoms with Crippen molar-refractivity contribution < 1.29 is 13.7 Å². The van der Waals surface area contributed by atoms with E-state index in [-0.39, 0.29) is 24.2 Å². The number of carbonyl (C=O) groups is 1. The van der Waals surface area contributed by atoms with Crippen molar-refractivity contribution in [2.75, 3.05) is 13.1 Å². The van der Waals surface area contributed by atoms with Crippen molar-refractivity contribution >= 4 is 33.4 Å². The van der Waals surface area contributed by atoms with Gasteiger partial charge in [0.2, 0.25) is 17.6 Å². The minimum atomic E-state index is -0.297. The molecule has 0 unspecified atom stereocenters. The third-order valence-electron chi connectivity index (χ3n) is 5.33. The molecule has 1 aliphatic heterocycles. The topological polar surface area (TPSA) is 71.3 Å². The van der Waals surface area contributed by atoms with E-state index in [9.17, 15) is 9.18 Å². The fraction of sp³-hybridized carbons (Fsp3) is 0.318. The van der Waals surface area contributed by atoms with Crippen LogP contribution in [0.25, 0.3) is 11.4 Å². The van der Waals surface area contributed by atoms with Gasteiger partial charge >= 0.3 is 0 Å². The average Bonchev–Trinajstić information content (AvgIpc) is 3.24. The number of rotatable bonds is 6. The summed E-state index contributed by atoms with van der Waals surface area (Å²) in [5, 5.41) is 7.25. The van der Waals surface area contributed by atoms with Crippen molar-refractivity contribution in [1.82, 2.24) is 20.4 Å². The number of amides is 1. The summed E-state index contributed by atoms with van der Waals surface area (Å²) in [4.78, 5) is 19.0. The van der Waals surface area contributed by atoms with Crippen LogP contribution in [-0.4, -0.2) is 34.0 Å². The smallest absolute Gasteiger partial charge is 0.246 e. The molecule has 1 aliphatic rings. The minimum absolute atomic E-state index is 0.0282. The Kier molecular flexibility index (Phi) is 6.99. The number of nitrogens with one attached hydrogen (secondary N) is 1. The molecule has 0 spiro atoms. The molecule has 9 heteroatoms. The van der Waals surface area contributed by atoms with E-state index in [1.165, 1.54) is 6.07 Å². The summed E-state index contributed by atoms with van der Waals surface area (Å²) in [6.45, 7) is 2.16. The molecule has 0 atom stereocenters. The monoisotopic (exact) mass is 506 g/mol. The second-order valence-electron chi connectivity index (χ2n) is 7.53. The van der Waals surface area contributed by atoms with E-state index in [1.54, 1.807) is 12.1 Å². The second-order valence-corrected chi connectivity index (χ2v) is 8.88. The summed E-state index contributed by atoms with van der Waals surface area (Å²) in [6.07, 6.45) is 1.43. The van der Waals surface area contributed by atoms with Crippen LogP contribution >= 0.6 is 27.5 Å². The van der Waals surface area contributed by atoms with Gasteiger partial charge in [-0.2, -0.15) is 4.98 Å². The van der Waals surface area contributed by atoms with E-state index in [1.807, 2.05) is 24.3 Å². The van der Waals surface area contributed by atoms with E-state index >= 15 is 0 Å². The van der Waals surface area contributed by atoms with Crippen molar-refractivity contribution in [1.29, 1.82) is 0 Å². The lowest BCUT2D eigenvalue weighted by Crippen LogP contribution is -2.40. The number of likely N-dealkylation sites (tertiary alicyclic amines) is 1. The summed E-state index contributed by atoms with van der Waals surface area (Å²) in [7, 11) is 0. The van der Waals surface area contributed by atoms with E-state index in [2.05, 4.69) is 36.3 Å². The third-order valence-corrected chi connectivity index (χ3v) is 6.06. The molecular weight excluding hydrogens is 487 g/mol. The number of hydrogen-bond donors (Lipinski definition) is 1. The van der Waals surface area contributed by atoms with Gasteiger partial charge in [-0.15, -0.1) is 0 Å². The van der Waals surface area contributed by atoms with Crippen molar-refractivity contribution in [2.24, 2.45) is 5.92 Å². The largest absolute Gasteiger partial charge is 0.347 e. The summed E-state index contributed by atoms with van der Waals surface area (Å²) < 4.78 is 20.2. The summed E-state index contributed by atoms with van der Waals surface area (Å²) in [5.74, 6) is 0.430. The first kappa shape index (κ1) is 21.9. The predicted molar refractivity (Wildman–Crippen MR) is 119 cm³/mol. The van der Waals surface area contributed by atoms with Crippen LogP contribution in [0.15, 0.2) is 51.5 Å². The van der Waals surface area contributed by atoms with Crippen LogP contribution in [0.4, 0.5) is 4.39 Å². The van der Waals surface area contributed by atoms with Crippen molar-refractivity contribution in [3.63, 3.8) is 0 Å². The first-order valence-corrected chi connectivity index (χ1v) is 11.2. The number of carbonyl (C=O) groups excluding carboxylic acids is 1. The molecule has 1 saturated heterocycles. The van der Waals surface area contributed by atoms with Gasteiger partial charge in [0.25, 0.3) is 0 Å². The van der Waals surface area contributed by atoms with E-state index < -0.39 is 0 Å². The Morgan fingerprint density at radius 3 is 2.81 bits per heavy atom. The molecule has 31 heavy (non-hydrogen) atoms. The maximum absolute atomic E-state index is 14.0. The standard InChI is InChI=1S/C22H21BrClFN4O2/c23-17-3-1-2-15(10-17)21-27-20(31-28-21)12-26-22(30)14-6-8-29(9-7-14)13-16-4-5-18(24)11-19(16)25/h1-5,10-11,14H,6-9,12-13H2,(H,26,30). The van der Waals surface area contributed by atoms with E-state index in [0.717, 1.165) is 23.1 Å². The molecule has 162 valence electrons. The molecule has 6 nitrogen and oxygen atoms in total. The van der Waals surface area contributed by atoms with Gasteiger partial charge in [0.05, 0.1) is 6.54 Å². The van der Waals surface area contributed by atoms with Gasteiger partial charge in [0.15, 0.2) is 0 Å². The molecule has 3 aromatic rings. The summed E-state index contributed by atoms with van der Waals surface area (Å²) in [5.41, 5.74) is 1.45. The summed E-state index contributed by atoms with van der Waals surface area (Å²) in [6, 6.07) is 12.3. The van der Waals surface area contributed by atoms with E-state index in [0.29, 0.717) is 41.7 Å². The quantitative estimate of drug-likeness (QED) is 0.518. The number of aromatic nitrogens is 2. The van der Waals surface area contributed by atoms with Gasteiger partial charge in [-0.1, -0.05) is 50.9 Å². The van der Waals surface area contributed by atoms with Crippen LogP contribution in [0.2, 0.25) is 5.02 Å². The minimum Gasteiger partial charge on any atom is -0.347 e. The fourth-order valence-corrected chi connectivity index (χ4v) is 4.18. The lowest BCUT2D eigenvalue weighted by Gasteiger charge is -2.31. The Morgan fingerprint density at radius 2 is 2.06 bits per heavy atom. The Morgan fingerprint density at radius 1 is 1.26 bits per heavy atom. The zero-order valence-corrected chi connectivity index (χ0v) is 19.0. The Hall–Kier alpha value is -2.29. The lowest BCUT2D eigenvalue weighted by atomic mass is 9.95. The molecule has 1 N–H and O–H groups in total. The first-order valence-electron chi connectivity index (χ1n) is 10.0. The number of benzene rings is 2. The first-order chi connectivity index (χ1) is 15.0. The Bertz CT molecular complexity index is 1070. The predicted octanol–water partition coefficient (Wildman–Crippen LogP) is 4.82. The highest BCUT2D eigenvalue weighted by Crippen LogP contribution is 2.23. The Labute approximate surface area is 192 Å². The maximum atomic E-state index is 14.0.